The Balaban J connectivity index is 1.75. The minimum Gasteiger partial charge on any atom is -0.354 e. The predicted octanol–water partition coefficient (Wildman–Crippen LogP) is 1.92. The second-order valence-electron chi connectivity index (χ2n) is 5.25. The lowest BCUT2D eigenvalue weighted by Gasteiger charge is -2.07. The van der Waals surface area contributed by atoms with Crippen molar-refractivity contribution in [3.63, 3.8) is 0 Å². The Morgan fingerprint density at radius 2 is 2.04 bits per heavy atom. The number of aromatic nitrogens is 4. The van der Waals surface area contributed by atoms with E-state index in [0.717, 1.165) is 11.8 Å². The van der Waals surface area contributed by atoms with Gasteiger partial charge in [0.2, 0.25) is 5.91 Å². The molecule has 0 bridgehead atoms. The molecule has 0 aliphatic heterocycles. The number of amides is 1. The summed E-state index contributed by atoms with van der Waals surface area (Å²) in [6, 6.07) is 2.81. The summed E-state index contributed by atoms with van der Waals surface area (Å²) in [6.45, 7) is 4.19. The minimum absolute atomic E-state index is 0.118. The maximum atomic E-state index is 12.5. The summed E-state index contributed by atoms with van der Waals surface area (Å²) in [6.07, 6.45) is -2.24. The first-order valence-corrected chi connectivity index (χ1v) is 7.14. The molecular weight excluding hydrogens is 311 g/mol. The number of carbonyl (C=O) groups is 1. The van der Waals surface area contributed by atoms with Gasteiger partial charge in [0.1, 0.15) is 6.54 Å². The van der Waals surface area contributed by atoms with E-state index in [0.29, 0.717) is 25.2 Å². The van der Waals surface area contributed by atoms with Gasteiger partial charge in [-0.1, -0.05) is 0 Å². The first-order chi connectivity index (χ1) is 10.8. The van der Waals surface area contributed by atoms with E-state index in [1.54, 1.807) is 19.2 Å². The van der Waals surface area contributed by atoms with Crippen molar-refractivity contribution < 1.29 is 18.0 Å². The third-order valence-electron chi connectivity index (χ3n) is 3.22. The molecule has 0 spiro atoms. The zero-order valence-corrected chi connectivity index (χ0v) is 12.9. The molecule has 0 fully saturated rings. The summed E-state index contributed by atoms with van der Waals surface area (Å²) in [5.41, 5.74) is 0.371. The molecular formula is C14H18F3N5O. The van der Waals surface area contributed by atoms with Gasteiger partial charge >= 0.3 is 6.18 Å². The highest BCUT2D eigenvalue weighted by atomic mass is 19.4. The lowest BCUT2D eigenvalue weighted by atomic mass is 10.3. The fourth-order valence-corrected chi connectivity index (χ4v) is 2.09. The Morgan fingerprint density at radius 3 is 2.61 bits per heavy atom. The summed E-state index contributed by atoms with van der Waals surface area (Å²) < 4.78 is 40.5. The molecule has 2 rings (SSSR count). The topological polar surface area (TPSA) is 64.7 Å². The lowest BCUT2D eigenvalue weighted by Crippen LogP contribution is -2.29. The van der Waals surface area contributed by atoms with E-state index < -0.39 is 11.9 Å². The van der Waals surface area contributed by atoms with Gasteiger partial charge in [-0.25, -0.2) is 0 Å². The van der Waals surface area contributed by atoms with Crippen LogP contribution < -0.4 is 5.32 Å². The van der Waals surface area contributed by atoms with E-state index in [-0.39, 0.29) is 12.5 Å². The number of carbonyl (C=O) groups excluding carboxylic acids is 1. The van der Waals surface area contributed by atoms with E-state index in [9.17, 15) is 18.0 Å². The molecule has 0 saturated carbocycles. The van der Waals surface area contributed by atoms with Crippen molar-refractivity contribution in [1.82, 2.24) is 24.9 Å². The number of hydrogen-bond donors (Lipinski definition) is 1. The SMILES string of the molecule is Cc1ccn(CC(=O)NCCCn2nc(C(F)(F)F)cc2C)n1. The second-order valence-corrected chi connectivity index (χ2v) is 5.25. The minimum atomic E-state index is -4.44. The number of aryl methyl sites for hydroxylation is 3. The van der Waals surface area contributed by atoms with Gasteiger partial charge in [0.15, 0.2) is 5.69 Å². The largest absolute Gasteiger partial charge is 0.435 e. The summed E-state index contributed by atoms with van der Waals surface area (Å²) in [4.78, 5) is 11.7. The van der Waals surface area contributed by atoms with Crippen LogP contribution in [0.1, 0.15) is 23.5 Å². The fraction of sp³-hybridized carbons (Fsp3) is 0.500. The number of hydrogen-bond acceptors (Lipinski definition) is 3. The maximum absolute atomic E-state index is 12.5. The third-order valence-corrected chi connectivity index (χ3v) is 3.22. The van der Waals surface area contributed by atoms with Crippen molar-refractivity contribution in [2.24, 2.45) is 0 Å². The van der Waals surface area contributed by atoms with Crippen molar-refractivity contribution in [3.05, 3.63) is 35.4 Å². The van der Waals surface area contributed by atoms with Gasteiger partial charge in [0.05, 0.1) is 5.69 Å². The smallest absolute Gasteiger partial charge is 0.354 e. The van der Waals surface area contributed by atoms with Crippen LogP contribution in [0.5, 0.6) is 0 Å². The highest BCUT2D eigenvalue weighted by Gasteiger charge is 2.34. The Labute approximate surface area is 131 Å². The normalized spacial score (nSPS) is 11.7. The van der Waals surface area contributed by atoms with Gasteiger partial charge < -0.3 is 5.32 Å². The summed E-state index contributed by atoms with van der Waals surface area (Å²) in [7, 11) is 0. The second kappa shape index (κ2) is 6.84. The van der Waals surface area contributed by atoms with Gasteiger partial charge in [-0.05, 0) is 32.4 Å². The van der Waals surface area contributed by atoms with Crippen LogP contribution in [-0.2, 0) is 24.1 Å². The number of alkyl halides is 3. The average Bonchev–Trinajstić information content (AvgIpc) is 3.01. The lowest BCUT2D eigenvalue weighted by molar-refractivity contribution is -0.141. The molecule has 0 radical (unpaired) electrons. The molecule has 1 amide bonds. The summed E-state index contributed by atoms with van der Waals surface area (Å²) >= 11 is 0. The molecule has 2 aromatic heterocycles. The van der Waals surface area contributed by atoms with E-state index in [2.05, 4.69) is 15.5 Å². The summed E-state index contributed by atoms with van der Waals surface area (Å²) in [5, 5.41) is 10.3. The van der Waals surface area contributed by atoms with Gasteiger partial charge in [-0.2, -0.15) is 23.4 Å². The molecule has 2 heterocycles. The van der Waals surface area contributed by atoms with Gasteiger partial charge in [-0.15, -0.1) is 0 Å². The number of nitrogens with one attached hydrogen (secondary N) is 1. The van der Waals surface area contributed by atoms with Crippen LogP contribution in [-0.4, -0.2) is 32.0 Å². The van der Waals surface area contributed by atoms with Crippen LogP contribution in [0, 0.1) is 13.8 Å². The molecule has 0 atom stereocenters. The first-order valence-electron chi connectivity index (χ1n) is 7.14. The van der Waals surface area contributed by atoms with E-state index in [1.165, 1.54) is 9.36 Å². The Morgan fingerprint density at radius 1 is 1.30 bits per heavy atom. The molecule has 0 aliphatic carbocycles. The van der Waals surface area contributed by atoms with Crippen LogP contribution in [0.15, 0.2) is 18.3 Å². The van der Waals surface area contributed by atoms with Crippen LogP contribution in [0.4, 0.5) is 13.2 Å². The standard InChI is InChI=1S/C14H18F3N5O/c1-10-4-7-21(19-10)9-13(23)18-5-3-6-22-11(2)8-12(20-22)14(15,16)17/h4,7-8H,3,5-6,9H2,1-2H3,(H,18,23). The zero-order valence-electron chi connectivity index (χ0n) is 12.9. The van der Waals surface area contributed by atoms with Crippen LogP contribution in [0.2, 0.25) is 0 Å². The molecule has 9 heteroatoms. The van der Waals surface area contributed by atoms with Crippen LogP contribution in [0.3, 0.4) is 0 Å². The molecule has 1 N–H and O–H groups in total. The molecule has 126 valence electrons. The molecule has 0 unspecified atom stereocenters. The van der Waals surface area contributed by atoms with Gasteiger partial charge in [0, 0.05) is 25.0 Å². The predicted molar refractivity (Wildman–Crippen MR) is 76.6 cm³/mol. The summed E-state index contributed by atoms with van der Waals surface area (Å²) in [5.74, 6) is -0.193. The highest BCUT2D eigenvalue weighted by molar-refractivity contribution is 5.75. The molecule has 6 nitrogen and oxygen atoms in total. The maximum Gasteiger partial charge on any atom is 0.435 e. The van der Waals surface area contributed by atoms with Gasteiger partial charge in [-0.3, -0.25) is 14.2 Å². The molecule has 0 saturated heterocycles. The number of halogens is 3. The van der Waals surface area contributed by atoms with E-state index >= 15 is 0 Å². The number of rotatable bonds is 6. The Kier molecular flexibility index (Phi) is 5.07. The quantitative estimate of drug-likeness (QED) is 0.824. The van der Waals surface area contributed by atoms with E-state index in [1.807, 2.05) is 6.92 Å². The molecule has 0 aromatic carbocycles. The first kappa shape index (κ1) is 17.0. The van der Waals surface area contributed by atoms with Crippen molar-refractivity contribution in [1.29, 1.82) is 0 Å². The number of nitrogens with zero attached hydrogens (tertiary/aromatic N) is 4. The Bertz CT molecular complexity index is 674. The van der Waals surface area contributed by atoms with Crippen LogP contribution >= 0.6 is 0 Å². The van der Waals surface area contributed by atoms with Crippen LogP contribution in [0.25, 0.3) is 0 Å². The highest BCUT2D eigenvalue weighted by Crippen LogP contribution is 2.28. The zero-order chi connectivity index (χ0) is 17.0. The third kappa shape index (κ3) is 4.83. The van der Waals surface area contributed by atoms with E-state index in [4.69, 9.17) is 0 Å². The van der Waals surface area contributed by atoms with Crippen molar-refractivity contribution in [3.8, 4) is 0 Å². The van der Waals surface area contributed by atoms with Crippen molar-refractivity contribution in [2.45, 2.75) is 39.5 Å². The fourth-order valence-electron chi connectivity index (χ4n) is 2.09. The molecule has 0 aliphatic rings. The monoisotopic (exact) mass is 329 g/mol. The molecule has 2 aromatic rings. The average molecular weight is 329 g/mol. The van der Waals surface area contributed by atoms with Gasteiger partial charge in [0.25, 0.3) is 0 Å². The Hall–Kier alpha value is -2.32. The molecule has 23 heavy (non-hydrogen) atoms. The van der Waals surface area contributed by atoms with Crippen molar-refractivity contribution in [2.75, 3.05) is 6.54 Å². The van der Waals surface area contributed by atoms with Crippen molar-refractivity contribution >= 4 is 5.91 Å².